The lowest BCUT2D eigenvalue weighted by Gasteiger charge is -2.38. The molecule has 0 spiro atoms. The highest BCUT2D eigenvalue weighted by molar-refractivity contribution is 5.82. The predicted molar refractivity (Wildman–Crippen MR) is 130 cm³/mol. The van der Waals surface area contributed by atoms with Crippen molar-refractivity contribution in [3.8, 4) is 0 Å². The fraction of sp³-hybridized carbons (Fsp3) is 0.846. The number of ether oxygens (including phenoxy) is 3. The van der Waals surface area contributed by atoms with Crippen molar-refractivity contribution in [1.82, 2.24) is 0 Å². The summed E-state index contributed by atoms with van der Waals surface area (Å²) in [6.07, 6.45) is 1.79. The third-order valence-corrected chi connectivity index (χ3v) is 7.21. The summed E-state index contributed by atoms with van der Waals surface area (Å²) in [6.45, 7) is 5.97. The number of carbonyl (C=O) groups is 2. The van der Waals surface area contributed by atoms with Crippen LogP contribution in [0.3, 0.4) is 0 Å². The Hall–Kier alpha value is -1.56. The van der Waals surface area contributed by atoms with E-state index in [1.54, 1.807) is 13.8 Å². The van der Waals surface area contributed by atoms with Crippen LogP contribution in [0.5, 0.6) is 0 Å². The van der Waals surface area contributed by atoms with Gasteiger partial charge in [-0.15, -0.1) is 0 Å². The van der Waals surface area contributed by atoms with Crippen molar-refractivity contribution in [2.75, 3.05) is 13.2 Å². The number of carboxylic acid groups (broad SMARTS) is 1. The van der Waals surface area contributed by atoms with Gasteiger partial charge in [-0.05, 0) is 39.5 Å². The molecule has 2 aliphatic heterocycles. The van der Waals surface area contributed by atoms with Crippen LogP contribution in [0.25, 0.3) is 0 Å². The molecule has 10 heteroatoms. The average molecular weight is 517 g/mol. The van der Waals surface area contributed by atoms with Gasteiger partial charge in [-0.25, -0.2) is 9.59 Å². The lowest BCUT2D eigenvalue weighted by molar-refractivity contribution is -0.165. The first kappa shape index (κ1) is 30.7. The first-order valence-corrected chi connectivity index (χ1v) is 13.1. The summed E-state index contributed by atoms with van der Waals surface area (Å²) in [6, 6.07) is 0. The van der Waals surface area contributed by atoms with Crippen molar-refractivity contribution in [3.05, 3.63) is 11.6 Å². The lowest BCUT2D eigenvalue weighted by Crippen LogP contribution is -2.50. The molecule has 2 saturated heterocycles. The van der Waals surface area contributed by atoms with Gasteiger partial charge < -0.3 is 39.7 Å². The molecule has 2 fully saturated rings. The zero-order valence-corrected chi connectivity index (χ0v) is 21.6. The van der Waals surface area contributed by atoms with Gasteiger partial charge in [0, 0.05) is 17.9 Å². The van der Waals surface area contributed by atoms with Crippen LogP contribution in [-0.4, -0.2) is 93.4 Å². The number of aliphatic hydroxyl groups is 4. The Morgan fingerprint density at radius 2 is 1.69 bits per heavy atom. The molecule has 0 saturated carbocycles. The minimum atomic E-state index is -1.30. The number of aliphatic carboxylic acids is 1. The third kappa shape index (κ3) is 10.1. The maximum Gasteiger partial charge on any atom is 0.332 e. The van der Waals surface area contributed by atoms with Crippen LogP contribution in [0.15, 0.2) is 11.6 Å². The highest BCUT2D eigenvalue weighted by Crippen LogP contribution is 2.38. The molecule has 0 aromatic rings. The molecule has 36 heavy (non-hydrogen) atoms. The first-order chi connectivity index (χ1) is 17.0. The van der Waals surface area contributed by atoms with Gasteiger partial charge in [0.05, 0.1) is 43.7 Å². The average Bonchev–Trinajstić information content (AvgIpc) is 3.58. The molecule has 2 heterocycles. The molecule has 5 N–H and O–H groups in total. The molecule has 10 nitrogen and oxygen atoms in total. The van der Waals surface area contributed by atoms with E-state index in [0.717, 1.165) is 19.3 Å². The standard InChI is InChI=1S/C26H44O10/c1-15(12-22(29)34-10-8-6-4-5-7-9-19(28)26(32)33)11-20-24(31)23(30)18(14-35-20)13-21-25(36-21)16(2)17(3)27/h12,16-21,23-25,27-28,30-31H,4-11,13-14H2,1-3H3,(H,32,33)/b15-12+/t16-,17-,18-,19?,20-,21-,23+,24-,25-/m0/s1. The van der Waals surface area contributed by atoms with Crippen LogP contribution < -0.4 is 0 Å². The van der Waals surface area contributed by atoms with E-state index < -0.39 is 42.5 Å². The molecule has 1 unspecified atom stereocenters. The van der Waals surface area contributed by atoms with E-state index in [4.69, 9.17) is 19.3 Å². The number of carboxylic acids is 1. The first-order valence-electron chi connectivity index (χ1n) is 13.1. The number of esters is 1. The topological polar surface area (TPSA) is 166 Å². The predicted octanol–water partition coefficient (Wildman–Crippen LogP) is 1.56. The molecule has 0 amide bonds. The number of rotatable bonds is 16. The Bertz CT molecular complexity index is 724. The van der Waals surface area contributed by atoms with Crippen molar-refractivity contribution in [2.45, 2.75) is 115 Å². The van der Waals surface area contributed by atoms with Gasteiger partial charge in [-0.2, -0.15) is 0 Å². The summed E-state index contributed by atoms with van der Waals surface area (Å²) in [5.41, 5.74) is 0.683. The molecule has 0 aromatic heterocycles. The van der Waals surface area contributed by atoms with Crippen LogP contribution in [0.2, 0.25) is 0 Å². The normalized spacial score (nSPS) is 30.9. The molecular weight excluding hydrogens is 472 g/mol. The summed E-state index contributed by atoms with van der Waals surface area (Å²) in [5.74, 6) is -1.92. The maximum absolute atomic E-state index is 12.1. The smallest absolute Gasteiger partial charge is 0.332 e. The second-order valence-electron chi connectivity index (χ2n) is 10.4. The zero-order chi connectivity index (χ0) is 26.8. The second kappa shape index (κ2) is 15.0. The molecule has 2 rings (SSSR count). The van der Waals surface area contributed by atoms with E-state index in [0.29, 0.717) is 31.3 Å². The molecule has 0 bridgehead atoms. The zero-order valence-electron chi connectivity index (χ0n) is 21.6. The van der Waals surface area contributed by atoms with Crippen molar-refractivity contribution >= 4 is 11.9 Å². The number of hydrogen-bond donors (Lipinski definition) is 5. The van der Waals surface area contributed by atoms with Gasteiger partial charge >= 0.3 is 11.9 Å². The van der Waals surface area contributed by atoms with Crippen LogP contribution in [-0.2, 0) is 23.8 Å². The highest BCUT2D eigenvalue weighted by Gasteiger charge is 2.48. The van der Waals surface area contributed by atoms with Crippen LogP contribution in [0.1, 0.15) is 72.1 Å². The van der Waals surface area contributed by atoms with Crippen molar-refractivity contribution in [2.24, 2.45) is 11.8 Å². The number of hydrogen-bond acceptors (Lipinski definition) is 9. The van der Waals surface area contributed by atoms with Crippen LogP contribution in [0, 0.1) is 11.8 Å². The highest BCUT2D eigenvalue weighted by atomic mass is 16.6. The van der Waals surface area contributed by atoms with Gasteiger partial charge in [0.15, 0.2) is 6.10 Å². The molecule has 0 aliphatic carbocycles. The number of unbranched alkanes of at least 4 members (excludes halogenated alkanes) is 4. The number of aliphatic hydroxyl groups excluding tert-OH is 4. The lowest BCUT2D eigenvalue weighted by atomic mass is 9.85. The monoisotopic (exact) mass is 516 g/mol. The van der Waals surface area contributed by atoms with E-state index in [1.165, 1.54) is 6.08 Å². The quantitative estimate of drug-likeness (QED) is 0.0879. The summed E-state index contributed by atoms with van der Waals surface area (Å²) in [4.78, 5) is 22.6. The van der Waals surface area contributed by atoms with Crippen molar-refractivity contribution in [3.63, 3.8) is 0 Å². The molecule has 0 radical (unpaired) electrons. The Balaban J connectivity index is 1.61. The maximum atomic E-state index is 12.1. The summed E-state index contributed by atoms with van der Waals surface area (Å²) < 4.78 is 16.7. The van der Waals surface area contributed by atoms with Gasteiger partial charge in [0.2, 0.25) is 0 Å². The molecule has 0 aromatic carbocycles. The SMILES string of the molecule is C/C(=C\C(=O)OCCCCCCCC(O)C(=O)O)C[C@@H]1OC[C@H](C[C@@H]2O[C@H]2[C@@H](C)[C@H](C)O)[C@@H](O)[C@H]1O. The molecule has 2 aliphatic rings. The Morgan fingerprint density at radius 1 is 1.03 bits per heavy atom. The van der Waals surface area contributed by atoms with Crippen LogP contribution >= 0.6 is 0 Å². The second-order valence-corrected chi connectivity index (χ2v) is 10.4. The minimum Gasteiger partial charge on any atom is -0.479 e. The van der Waals surface area contributed by atoms with Gasteiger partial charge in [-0.1, -0.05) is 38.2 Å². The van der Waals surface area contributed by atoms with E-state index >= 15 is 0 Å². The van der Waals surface area contributed by atoms with Gasteiger partial charge in [0.25, 0.3) is 0 Å². The number of epoxide rings is 1. The summed E-state index contributed by atoms with van der Waals surface area (Å²) in [5, 5.41) is 48.7. The largest absolute Gasteiger partial charge is 0.479 e. The molecule has 9 atom stereocenters. The fourth-order valence-corrected chi connectivity index (χ4v) is 4.60. The van der Waals surface area contributed by atoms with Crippen molar-refractivity contribution in [1.29, 1.82) is 0 Å². The van der Waals surface area contributed by atoms with E-state index in [2.05, 4.69) is 0 Å². The van der Waals surface area contributed by atoms with Crippen molar-refractivity contribution < 1.29 is 49.3 Å². The summed E-state index contributed by atoms with van der Waals surface area (Å²) in [7, 11) is 0. The summed E-state index contributed by atoms with van der Waals surface area (Å²) >= 11 is 0. The van der Waals surface area contributed by atoms with E-state index in [1.807, 2.05) is 6.92 Å². The van der Waals surface area contributed by atoms with Crippen LogP contribution in [0.4, 0.5) is 0 Å². The van der Waals surface area contributed by atoms with Gasteiger partial charge in [-0.3, -0.25) is 0 Å². The minimum absolute atomic E-state index is 0.00676. The third-order valence-electron chi connectivity index (χ3n) is 7.21. The molecular formula is C26H44O10. The Labute approximate surface area is 213 Å². The Morgan fingerprint density at radius 3 is 2.36 bits per heavy atom. The van der Waals surface area contributed by atoms with E-state index in [-0.39, 0.29) is 43.7 Å². The number of carbonyl (C=O) groups excluding carboxylic acids is 1. The Kier molecular flexibility index (Phi) is 12.8. The van der Waals surface area contributed by atoms with Gasteiger partial charge in [0.1, 0.15) is 6.10 Å². The fourth-order valence-electron chi connectivity index (χ4n) is 4.60. The van der Waals surface area contributed by atoms with E-state index in [9.17, 15) is 30.0 Å². The molecule has 208 valence electrons.